The van der Waals surface area contributed by atoms with Gasteiger partial charge < -0.3 is 9.84 Å². The van der Waals surface area contributed by atoms with Gasteiger partial charge in [0.05, 0.1) is 17.5 Å². The highest BCUT2D eigenvalue weighted by Crippen LogP contribution is 2.46. The molecule has 0 aliphatic heterocycles. The van der Waals surface area contributed by atoms with Crippen molar-refractivity contribution >= 4 is 17.6 Å². The molecule has 0 bridgehead atoms. The van der Waals surface area contributed by atoms with Crippen LogP contribution in [0.3, 0.4) is 0 Å². The molecule has 0 heterocycles. The predicted octanol–water partition coefficient (Wildman–Crippen LogP) is 3.38. The topological polar surface area (TPSA) is 46.5 Å². The van der Waals surface area contributed by atoms with E-state index in [0.29, 0.717) is 18.4 Å². The molecule has 1 N–H and O–H groups in total. The maximum absolute atomic E-state index is 13.4. The number of halogens is 2. The number of carboxylic acids is 1. The minimum Gasteiger partial charge on any atom is -0.496 e. The molecule has 0 amide bonds. The van der Waals surface area contributed by atoms with Gasteiger partial charge in [0.2, 0.25) is 0 Å². The highest BCUT2D eigenvalue weighted by atomic mass is 35.5. The molecule has 0 saturated heterocycles. The number of carbonyl (C=O) groups is 1. The Labute approximate surface area is 110 Å². The Bertz CT molecular complexity index is 481. The van der Waals surface area contributed by atoms with Gasteiger partial charge in [0.25, 0.3) is 0 Å². The Kier molecular flexibility index (Phi) is 3.48. The fraction of sp³-hybridized carbons (Fsp3) is 0.462. The molecule has 1 aliphatic rings. The van der Waals surface area contributed by atoms with Gasteiger partial charge in [-0.3, -0.25) is 4.79 Å². The van der Waals surface area contributed by atoms with E-state index in [2.05, 4.69) is 0 Å². The molecule has 1 aromatic carbocycles. The molecular weight excluding hydrogens is 259 g/mol. The van der Waals surface area contributed by atoms with Crippen molar-refractivity contribution in [3.8, 4) is 5.75 Å². The summed E-state index contributed by atoms with van der Waals surface area (Å²) in [5, 5.41) is 9.43. The van der Waals surface area contributed by atoms with Crippen LogP contribution in [0.25, 0.3) is 0 Å². The minimum absolute atomic E-state index is 0.0710. The van der Waals surface area contributed by atoms with E-state index < -0.39 is 17.2 Å². The van der Waals surface area contributed by atoms with Crippen LogP contribution in [0.5, 0.6) is 5.75 Å². The van der Waals surface area contributed by atoms with Crippen LogP contribution in [-0.2, 0) is 10.2 Å². The predicted molar refractivity (Wildman–Crippen MR) is 65.7 cm³/mol. The number of aliphatic carboxylic acids is 1. The first-order chi connectivity index (χ1) is 8.51. The summed E-state index contributed by atoms with van der Waals surface area (Å²) in [6.07, 6.45) is 2.73. The Balaban J connectivity index is 2.61. The van der Waals surface area contributed by atoms with Crippen molar-refractivity contribution in [1.82, 2.24) is 0 Å². The third-order valence-corrected chi connectivity index (χ3v) is 3.91. The van der Waals surface area contributed by atoms with Gasteiger partial charge in [0, 0.05) is 11.6 Å². The van der Waals surface area contributed by atoms with Gasteiger partial charge in [0.1, 0.15) is 11.6 Å². The second-order valence-corrected chi connectivity index (χ2v) is 4.97. The van der Waals surface area contributed by atoms with Crippen molar-refractivity contribution in [3.63, 3.8) is 0 Å². The van der Waals surface area contributed by atoms with Crippen LogP contribution < -0.4 is 4.74 Å². The van der Waals surface area contributed by atoms with Gasteiger partial charge in [-0.25, -0.2) is 4.39 Å². The fourth-order valence-electron chi connectivity index (χ4n) is 2.65. The van der Waals surface area contributed by atoms with Gasteiger partial charge >= 0.3 is 5.97 Å². The summed E-state index contributed by atoms with van der Waals surface area (Å²) in [6.45, 7) is 0. The molecule has 0 radical (unpaired) electrons. The molecule has 3 nitrogen and oxygen atoms in total. The molecule has 1 fully saturated rings. The summed E-state index contributed by atoms with van der Waals surface area (Å²) in [4.78, 5) is 11.6. The largest absolute Gasteiger partial charge is 0.496 e. The molecule has 1 aliphatic carbocycles. The summed E-state index contributed by atoms with van der Waals surface area (Å²) in [5.41, 5.74) is -0.524. The van der Waals surface area contributed by atoms with Gasteiger partial charge in [-0.05, 0) is 18.9 Å². The standard InChI is InChI=1S/C13H14ClFO3/c1-18-11-7-10(15)9(14)6-8(11)13(12(16)17)4-2-3-5-13/h6-7H,2-5H2,1H3,(H,16,17). The summed E-state index contributed by atoms with van der Waals surface area (Å²) < 4.78 is 18.5. The molecule has 5 heteroatoms. The SMILES string of the molecule is COc1cc(F)c(Cl)cc1C1(C(=O)O)CCCC1. The maximum atomic E-state index is 13.4. The lowest BCUT2D eigenvalue weighted by molar-refractivity contribution is -0.143. The lowest BCUT2D eigenvalue weighted by atomic mass is 9.78. The van der Waals surface area contributed by atoms with E-state index in [1.807, 2.05) is 0 Å². The Hall–Kier alpha value is -1.29. The number of benzene rings is 1. The summed E-state index contributed by atoms with van der Waals surface area (Å²) >= 11 is 5.76. The third kappa shape index (κ3) is 1.94. The van der Waals surface area contributed by atoms with Crippen LogP contribution in [0.1, 0.15) is 31.2 Å². The van der Waals surface area contributed by atoms with Crippen molar-refractivity contribution in [2.45, 2.75) is 31.1 Å². The zero-order valence-electron chi connectivity index (χ0n) is 10.0. The molecule has 0 unspecified atom stereocenters. The Morgan fingerprint density at radius 1 is 1.44 bits per heavy atom. The van der Waals surface area contributed by atoms with Crippen LogP contribution in [0.2, 0.25) is 5.02 Å². The van der Waals surface area contributed by atoms with Crippen LogP contribution in [-0.4, -0.2) is 18.2 Å². The zero-order chi connectivity index (χ0) is 13.3. The smallest absolute Gasteiger partial charge is 0.314 e. The van der Waals surface area contributed by atoms with Gasteiger partial charge in [-0.1, -0.05) is 24.4 Å². The van der Waals surface area contributed by atoms with Crippen molar-refractivity contribution in [1.29, 1.82) is 0 Å². The first kappa shape index (κ1) is 13.1. The van der Waals surface area contributed by atoms with Crippen molar-refractivity contribution in [2.24, 2.45) is 0 Å². The molecule has 98 valence electrons. The van der Waals surface area contributed by atoms with E-state index in [1.165, 1.54) is 13.2 Å². The molecule has 0 aromatic heterocycles. The van der Waals surface area contributed by atoms with Crippen LogP contribution >= 0.6 is 11.6 Å². The summed E-state index contributed by atoms with van der Waals surface area (Å²) in [7, 11) is 1.40. The molecule has 0 atom stereocenters. The van der Waals surface area contributed by atoms with E-state index in [9.17, 15) is 14.3 Å². The second kappa shape index (κ2) is 4.76. The average molecular weight is 273 g/mol. The highest BCUT2D eigenvalue weighted by molar-refractivity contribution is 6.30. The molecular formula is C13H14ClFO3. The molecule has 1 aromatic rings. The number of rotatable bonds is 3. The second-order valence-electron chi connectivity index (χ2n) is 4.56. The first-order valence-electron chi connectivity index (χ1n) is 5.78. The molecule has 1 saturated carbocycles. The first-order valence-corrected chi connectivity index (χ1v) is 6.16. The van der Waals surface area contributed by atoms with Crippen LogP contribution in [0, 0.1) is 5.82 Å². The van der Waals surface area contributed by atoms with Crippen LogP contribution in [0.4, 0.5) is 4.39 Å². The molecule has 2 rings (SSSR count). The minimum atomic E-state index is -0.997. The lowest BCUT2D eigenvalue weighted by Crippen LogP contribution is -2.33. The van der Waals surface area contributed by atoms with Gasteiger partial charge in [0.15, 0.2) is 0 Å². The fourth-order valence-corrected chi connectivity index (χ4v) is 2.81. The monoisotopic (exact) mass is 272 g/mol. The maximum Gasteiger partial charge on any atom is 0.314 e. The van der Waals surface area contributed by atoms with Crippen molar-refractivity contribution < 1.29 is 19.0 Å². The van der Waals surface area contributed by atoms with E-state index in [4.69, 9.17) is 16.3 Å². The van der Waals surface area contributed by atoms with Crippen molar-refractivity contribution in [3.05, 3.63) is 28.5 Å². The quantitative estimate of drug-likeness (QED) is 0.917. The van der Waals surface area contributed by atoms with Crippen LogP contribution in [0.15, 0.2) is 12.1 Å². The molecule has 18 heavy (non-hydrogen) atoms. The Morgan fingerprint density at radius 2 is 2.06 bits per heavy atom. The number of hydrogen-bond acceptors (Lipinski definition) is 2. The molecule has 0 spiro atoms. The van der Waals surface area contributed by atoms with E-state index in [1.54, 1.807) is 0 Å². The van der Waals surface area contributed by atoms with Crippen molar-refractivity contribution in [2.75, 3.05) is 7.11 Å². The van der Waals surface area contributed by atoms with E-state index in [-0.39, 0.29) is 10.8 Å². The van der Waals surface area contributed by atoms with Gasteiger partial charge in [-0.2, -0.15) is 0 Å². The number of ether oxygens (including phenoxy) is 1. The number of carboxylic acid groups (broad SMARTS) is 1. The van der Waals surface area contributed by atoms with E-state index >= 15 is 0 Å². The number of hydrogen-bond donors (Lipinski definition) is 1. The summed E-state index contributed by atoms with van der Waals surface area (Å²) in [6, 6.07) is 2.54. The Morgan fingerprint density at radius 3 is 2.56 bits per heavy atom. The zero-order valence-corrected chi connectivity index (χ0v) is 10.8. The normalized spacial score (nSPS) is 17.7. The number of methoxy groups -OCH3 is 1. The average Bonchev–Trinajstić information content (AvgIpc) is 2.82. The summed E-state index contributed by atoms with van der Waals surface area (Å²) in [5.74, 6) is -1.25. The lowest BCUT2D eigenvalue weighted by Gasteiger charge is -2.26. The van der Waals surface area contributed by atoms with Gasteiger partial charge in [-0.15, -0.1) is 0 Å². The highest BCUT2D eigenvalue weighted by Gasteiger charge is 2.45. The third-order valence-electron chi connectivity index (χ3n) is 3.62. The van der Waals surface area contributed by atoms with E-state index in [0.717, 1.165) is 18.9 Å².